The summed E-state index contributed by atoms with van der Waals surface area (Å²) in [4.78, 5) is 12.7. The first-order valence-electron chi connectivity index (χ1n) is 10.4. The molecule has 1 aromatic heterocycles. The van der Waals surface area contributed by atoms with Gasteiger partial charge < -0.3 is 5.32 Å². The van der Waals surface area contributed by atoms with Crippen molar-refractivity contribution in [1.82, 2.24) is 15.1 Å². The highest BCUT2D eigenvalue weighted by Gasteiger charge is 2.17. The van der Waals surface area contributed by atoms with Crippen molar-refractivity contribution in [2.45, 2.75) is 25.3 Å². The summed E-state index contributed by atoms with van der Waals surface area (Å²) >= 11 is 0. The van der Waals surface area contributed by atoms with E-state index in [0.717, 1.165) is 16.8 Å². The molecule has 0 saturated carbocycles. The van der Waals surface area contributed by atoms with E-state index in [-0.39, 0.29) is 10.8 Å². The number of hydrogen-bond donors (Lipinski definition) is 2. The molecule has 0 fully saturated rings. The number of sulfonamides is 1. The van der Waals surface area contributed by atoms with E-state index in [2.05, 4.69) is 15.1 Å². The lowest BCUT2D eigenvalue weighted by Gasteiger charge is -2.12. The summed E-state index contributed by atoms with van der Waals surface area (Å²) in [6.45, 7) is 3.98. The predicted octanol–water partition coefficient (Wildman–Crippen LogP) is 4.22. The molecule has 0 unspecified atom stereocenters. The number of nitrogens with one attached hydrogen (secondary N) is 2. The van der Waals surface area contributed by atoms with Gasteiger partial charge in [0.25, 0.3) is 15.9 Å². The van der Waals surface area contributed by atoms with Crippen molar-refractivity contribution in [3.05, 3.63) is 107 Å². The van der Waals surface area contributed by atoms with Crippen LogP contribution >= 0.6 is 0 Å². The van der Waals surface area contributed by atoms with Gasteiger partial charge in [-0.25, -0.2) is 13.1 Å². The lowest BCUT2D eigenvalue weighted by molar-refractivity contribution is 0.0951. The fourth-order valence-electron chi connectivity index (χ4n) is 3.37. The first-order valence-corrected chi connectivity index (χ1v) is 11.9. The molecule has 33 heavy (non-hydrogen) atoms. The zero-order chi connectivity index (χ0) is 23.4. The molecule has 7 nitrogen and oxygen atoms in total. The molecule has 8 heteroatoms. The number of rotatable bonds is 7. The number of carbonyl (C=O) groups is 1. The maximum Gasteiger partial charge on any atom is 0.262 e. The van der Waals surface area contributed by atoms with Gasteiger partial charge in [-0.2, -0.15) is 5.10 Å². The normalized spacial score (nSPS) is 11.2. The molecule has 0 bridgehead atoms. The minimum atomic E-state index is -3.72. The fourth-order valence-corrected chi connectivity index (χ4v) is 4.76. The van der Waals surface area contributed by atoms with Gasteiger partial charge in [0.15, 0.2) is 0 Å². The Hall–Kier alpha value is -3.91. The largest absolute Gasteiger partial charge is 0.348 e. The summed E-state index contributed by atoms with van der Waals surface area (Å²) in [7, 11) is -3.72. The van der Waals surface area contributed by atoms with E-state index in [4.69, 9.17) is 0 Å². The van der Waals surface area contributed by atoms with Crippen molar-refractivity contribution in [1.29, 1.82) is 0 Å². The fraction of sp³-hybridized carbons (Fsp3) is 0.120. The smallest absolute Gasteiger partial charge is 0.262 e. The van der Waals surface area contributed by atoms with Crippen molar-refractivity contribution in [3.63, 3.8) is 0 Å². The molecular weight excluding hydrogens is 436 g/mol. The second-order valence-corrected chi connectivity index (χ2v) is 9.40. The third-order valence-corrected chi connectivity index (χ3v) is 6.71. The number of nitrogens with zero attached hydrogens (tertiary/aromatic N) is 2. The van der Waals surface area contributed by atoms with Gasteiger partial charge in [0, 0.05) is 30.2 Å². The maximum atomic E-state index is 12.8. The molecule has 168 valence electrons. The molecule has 0 spiro atoms. The topological polar surface area (TPSA) is 93.1 Å². The van der Waals surface area contributed by atoms with Gasteiger partial charge in [-0.3, -0.25) is 9.52 Å². The lowest BCUT2D eigenvalue weighted by atomic mass is 10.1. The van der Waals surface area contributed by atoms with Crippen LogP contribution in [0, 0.1) is 13.8 Å². The van der Waals surface area contributed by atoms with E-state index in [9.17, 15) is 13.2 Å². The molecule has 0 aliphatic heterocycles. The zero-order valence-electron chi connectivity index (χ0n) is 18.3. The summed E-state index contributed by atoms with van der Waals surface area (Å²) in [6, 6.07) is 21.2. The second-order valence-electron chi connectivity index (χ2n) is 7.75. The van der Waals surface area contributed by atoms with E-state index in [0.29, 0.717) is 23.4 Å². The molecule has 0 radical (unpaired) electrons. The van der Waals surface area contributed by atoms with Crippen LogP contribution in [0.2, 0.25) is 0 Å². The first kappa shape index (κ1) is 22.3. The molecular formula is C25H24N4O3S. The van der Waals surface area contributed by atoms with Gasteiger partial charge in [-0.1, -0.05) is 24.3 Å². The second kappa shape index (κ2) is 9.30. The summed E-state index contributed by atoms with van der Waals surface area (Å²) in [5, 5.41) is 7.07. The van der Waals surface area contributed by atoms with E-state index in [1.807, 2.05) is 49.5 Å². The van der Waals surface area contributed by atoms with Crippen molar-refractivity contribution in [3.8, 4) is 5.69 Å². The Morgan fingerprint density at radius 3 is 2.36 bits per heavy atom. The Bertz CT molecular complexity index is 1360. The molecule has 1 amide bonds. The van der Waals surface area contributed by atoms with Crippen molar-refractivity contribution < 1.29 is 13.2 Å². The number of carbonyl (C=O) groups excluding carboxylic acids is 1. The predicted molar refractivity (Wildman–Crippen MR) is 128 cm³/mol. The van der Waals surface area contributed by atoms with E-state index >= 15 is 0 Å². The third kappa shape index (κ3) is 5.30. The maximum absolute atomic E-state index is 12.8. The van der Waals surface area contributed by atoms with Crippen LogP contribution in [-0.4, -0.2) is 24.1 Å². The molecule has 2 N–H and O–H groups in total. The van der Waals surface area contributed by atoms with E-state index in [1.54, 1.807) is 54.2 Å². The average Bonchev–Trinajstić information content (AvgIpc) is 3.34. The minimum absolute atomic E-state index is 0.239. The summed E-state index contributed by atoms with van der Waals surface area (Å²) < 4.78 is 29.9. The minimum Gasteiger partial charge on any atom is -0.348 e. The molecule has 3 aromatic carbocycles. The van der Waals surface area contributed by atoms with Crippen LogP contribution < -0.4 is 10.0 Å². The highest BCUT2D eigenvalue weighted by molar-refractivity contribution is 7.92. The van der Waals surface area contributed by atoms with Crippen LogP contribution in [-0.2, 0) is 16.6 Å². The van der Waals surface area contributed by atoms with Crippen LogP contribution in [0.5, 0.6) is 0 Å². The number of anilines is 1. The molecule has 0 aliphatic rings. The van der Waals surface area contributed by atoms with Gasteiger partial charge in [0.2, 0.25) is 0 Å². The number of amides is 1. The molecule has 0 saturated heterocycles. The Morgan fingerprint density at radius 2 is 1.70 bits per heavy atom. The van der Waals surface area contributed by atoms with Crippen molar-refractivity contribution in [2.75, 3.05) is 4.72 Å². The molecule has 4 rings (SSSR count). The van der Waals surface area contributed by atoms with Crippen LogP contribution in [0.3, 0.4) is 0 Å². The van der Waals surface area contributed by atoms with Gasteiger partial charge in [0.1, 0.15) is 0 Å². The first-order chi connectivity index (χ1) is 15.8. The van der Waals surface area contributed by atoms with E-state index in [1.165, 1.54) is 0 Å². The summed E-state index contributed by atoms with van der Waals surface area (Å²) in [5.41, 5.74) is 4.26. The lowest BCUT2D eigenvalue weighted by Crippen LogP contribution is -2.22. The molecule has 0 aliphatic carbocycles. The van der Waals surface area contributed by atoms with Crippen molar-refractivity contribution in [2.24, 2.45) is 0 Å². The zero-order valence-corrected chi connectivity index (χ0v) is 19.1. The monoisotopic (exact) mass is 460 g/mol. The van der Waals surface area contributed by atoms with Crippen LogP contribution in [0.15, 0.2) is 90.1 Å². The molecule has 4 aromatic rings. The number of hydrogen-bond acceptors (Lipinski definition) is 4. The Kier molecular flexibility index (Phi) is 6.28. The standard InChI is InChI=1S/C25H24N4O3S/c1-18-4-5-19(2)24(16-18)33(31,32)28-22-10-8-21(9-11-22)25(30)26-17-20-6-12-23(13-7-20)29-15-3-14-27-29/h3-16,28H,17H2,1-2H3,(H,26,30). The number of aryl methyl sites for hydroxylation is 2. The highest BCUT2D eigenvalue weighted by Crippen LogP contribution is 2.21. The van der Waals surface area contributed by atoms with Gasteiger partial charge in [-0.15, -0.1) is 0 Å². The Morgan fingerprint density at radius 1 is 0.970 bits per heavy atom. The average molecular weight is 461 g/mol. The van der Waals surface area contributed by atoms with Crippen molar-refractivity contribution >= 4 is 21.6 Å². The van der Waals surface area contributed by atoms with Crippen LogP contribution in [0.4, 0.5) is 5.69 Å². The van der Waals surface area contributed by atoms with Gasteiger partial charge >= 0.3 is 0 Å². The summed E-state index contributed by atoms with van der Waals surface area (Å²) in [6.07, 6.45) is 3.58. The molecule has 1 heterocycles. The van der Waals surface area contributed by atoms with Gasteiger partial charge in [0.05, 0.1) is 10.6 Å². The van der Waals surface area contributed by atoms with Crippen LogP contribution in [0.25, 0.3) is 5.69 Å². The quantitative estimate of drug-likeness (QED) is 0.432. The van der Waals surface area contributed by atoms with Gasteiger partial charge in [-0.05, 0) is 79.1 Å². The molecule has 0 atom stereocenters. The Labute approximate surface area is 193 Å². The summed E-state index contributed by atoms with van der Waals surface area (Å²) in [5.74, 6) is -0.241. The number of aromatic nitrogens is 2. The van der Waals surface area contributed by atoms with Crippen LogP contribution in [0.1, 0.15) is 27.0 Å². The SMILES string of the molecule is Cc1ccc(C)c(S(=O)(=O)Nc2ccc(C(=O)NCc3ccc(-n4cccn4)cc3)cc2)c1. The Balaban J connectivity index is 1.37. The highest BCUT2D eigenvalue weighted by atomic mass is 32.2. The van der Waals surface area contributed by atoms with E-state index < -0.39 is 10.0 Å². The third-order valence-electron chi connectivity index (χ3n) is 5.19. The number of benzene rings is 3.